The lowest BCUT2D eigenvalue weighted by Gasteiger charge is -2.22. The minimum atomic E-state index is -0.286. The molecule has 0 fully saturated rings. The van der Waals surface area contributed by atoms with Gasteiger partial charge in [-0.25, -0.2) is 4.98 Å². The van der Waals surface area contributed by atoms with Crippen molar-refractivity contribution in [1.82, 2.24) is 4.98 Å². The number of thiophene rings is 1. The van der Waals surface area contributed by atoms with E-state index in [1.54, 1.807) is 23.5 Å². The molecule has 0 aliphatic heterocycles. The first-order valence-electron chi connectivity index (χ1n) is 9.83. The number of rotatable bonds is 6. The number of pyridine rings is 1. The van der Waals surface area contributed by atoms with E-state index in [4.69, 9.17) is 16.0 Å². The van der Waals surface area contributed by atoms with Crippen molar-refractivity contribution in [1.29, 1.82) is 0 Å². The summed E-state index contributed by atoms with van der Waals surface area (Å²) in [6.45, 7) is 6.06. The van der Waals surface area contributed by atoms with E-state index < -0.39 is 0 Å². The molecule has 7 heteroatoms. The predicted octanol–water partition coefficient (Wildman–Crippen LogP) is 6.77. The van der Waals surface area contributed by atoms with Crippen LogP contribution in [-0.2, 0) is 0 Å². The second kappa shape index (κ2) is 8.96. The van der Waals surface area contributed by atoms with Crippen molar-refractivity contribution in [2.75, 3.05) is 10.6 Å². The molecule has 0 unspecified atom stereocenters. The minimum Gasteiger partial charge on any atom is -0.459 e. The standard InChI is InChI=1S/C24H22ClN3O2S/c1-14-7-4-11-20(26-14)27-22(17-8-5-9-18(25)13-17)21-15(2)16(3)31-24(21)28-23(29)19-10-6-12-30-19/h4-13,22H,1-3H3,(H,26,27)(H,28,29)/t22-/m0/s1. The van der Waals surface area contributed by atoms with Gasteiger partial charge in [0.2, 0.25) is 0 Å². The second-order valence-electron chi connectivity index (χ2n) is 7.25. The van der Waals surface area contributed by atoms with Crippen LogP contribution >= 0.6 is 22.9 Å². The van der Waals surface area contributed by atoms with E-state index in [0.717, 1.165) is 38.1 Å². The maximum Gasteiger partial charge on any atom is 0.291 e. The van der Waals surface area contributed by atoms with E-state index in [1.165, 1.54) is 6.26 Å². The normalized spacial score (nSPS) is 11.9. The number of aromatic nitrogens is 1. The van der Waals surface area contributed by atoms with Gasteiger partial charge in [0.1, 0.15) is 10.8 Å². The first-order chi connectivity index (χ1) is 14.9. The van der Waals surface area contributed by atoms with Crippen LogP contribution in [0.5, 0.6) is 0 Å². The Hall–Kier alpha value is -3.09. The number of halogens is 1. The number of nitrogens with one attached hydrogen (secondary N) is 2. The second-order valence-corrected chi connectivity index (χ2v) is 8.92. The number of furan rings is 1. The van der Waals surface area contributed by atoms with Gasteiger partial charge in [-0.2, -0.15) is 0 Å². The molecule has 0 aliphatic carbocycles. The number of carbonyl (C=O) groups excluding carboxylic acids is 1. The zero-order valence-corrected chi connectivity index (χ0v) is 19.0. The molecular formula is C24H22ClN3O2S. The molecule has 3 heterocycles. The van der Waals surface area contributed by atoms with Crippen molar-refractivity contribution in [3.8, 4) is 0 Å². The van der Waals surface area contributed by atoms with Gasteiger partial charge in [-0.3, -0.25) is 4.79 Å². The molecule has 31 heavy (non-hydrogen) atoms. The van der Waals surface area contributed by atoms with Crippen LogP contribution in [0.4, 0.5) is 10.8 Å². The van der Waals surface area contributed by atoms with Gasteiger partial charge in [0.15, 0.2) is 5.76 Å². The summed E-state index contributed by atoms with van der Waals surface area (Å²) >= 11 is 7.86. The van der Waals surface area contributed by atoms with Crippen LogP contribution in [0.25, 0.3) is 0 Å². The third-order valence-corrected chi connectivity index (χ3v) is 6.43. The highest BCUT2D eigenvalue weighted by molar-refractivity contribution is 7.16. The summed E-state index contributed by atoms with van der Waals surface area (Å²) in [7, 11) is 0. The Balaban J connectivity index is 1.79. The molecule has 2 N–H and O–H groups in total. The molecule has 4 aromatic rings. The van der Waals surface area contributed by atoms with E-state index in [9.17, 15) is 4.79 Å². The van der Waals surface area contributed by atoms with Gasteiger partial charge in [0, 0.05) is 21.2 Å². The quantitative estimate of drug-likeness (QED) is 0.339. The lowest BCUT2D eigenvalue weighted by Crippen LogP contribution is -2.18. The van der Waals surface area contributed by atoms with Gasteiger partial charge < -0.3 is 15.1 Å². The number of hydrogen-bond donors (Lipinski definition) is 2. The van der Waals surface area contributed by atoms with Crippen molar-refractivity contribution >= 4 is 39.7 Å². The smallest absolute Gasteiger partial charge is 0.291 e. The number of carbonyl (C=O) groups is 1. The summed E-state index contributed by atoms with van der Waals surface area (Å²) in [5.74, 6) is 0.727. The zero-order chi connectivity index (χ0) is 22.0. The molecule has 3 aromatic heterocycles. The van der Waals surface area contributed by atoms with Gasteiger partial charge in [0.05, 0.1) is 12.3 Å². The van der Waals surface area contributed by atoms with Crippen LogP contribution in [0.1, 0.15) is 43.9 Å². The highest BCUT2D eigenvalue weighted by Gasteiger charge is 2.26. The Labute approximate surface area is 190 Å². The summed E-state index contributed by atoms with van der Waals surface area (Å²) in [5, 5.41) is 7.98. The van der Waals surface area contributed by atoms with Crippen molar-refractivity contribution in [3.63, 3.8) is 0 Å². The molecule has 5 nitrogen and oxygen atoms in total. The summed E-state index contributed by atoms with van der Waals surface area (Å²) < 4.78 is 5.26. The van der Waals surface area contributed by atoms with Crippen LogP contribution in [0.15, 0.2) is 65.3 Å². The topological polar surface area (TPSA) is 67.2 Å². The number of amides is 1. The van der Waals surface area contributed by atoms with Crippen LogP contribution in [-0.4, -0.2) is 10.9 Å². The third kappa shape index (κ3) is 4.65. The lowest BCUT2D eigenvalue weighted by atomic mass is 9.96. The summed E-state index contributed by atoms with van der Waals surface area (Å²) in [4.78, 5) is 18.4. The van der Waals surface area contributed by atoms with Crippen molar-refractivity contribution in [2.45, 2.75) is 26.8 Å². The fourth-order valence-corrected chi connectivity index (χ4v) is 4.73. The van der Waals surface area contributed by atoms with Gasteiger partial charge in [-0.05, 0) is 68.3 Å². The van der Waals surface area contributed by atoms with Crippen molar-refractivity contribution in [3.05, 3.63) is 98.9 Å². The molecule has 1 atom stereocenters. The van der Waals surface area contributed by atoms with Crippen LogP contribution < -0.4 is 10.6 Å². The van der Waals surface area contributed by atoms with Gasteiger partial charge in [-0.1, -0.05) is 29.8 Å². The zero-order valence-electron chi connectivity index (χ0n) is 17.4. The number of nitrogens with zero attached hydrogens (tertiary/aromatic N) is 1. The maximum absolute atomic E-state index is 12.7. The highest BCUT2D eigenvalue weighted by atomic mass is 35.5. The molecule has 0 saturated carbocycles. The number of hydrogen-bond acceptors (Lipinski definition) is 5. The van der Waals surface area contributed by atoms with Crippen LogP contribution in [0, 0.1) is 20.8 Å². The van der Waals surface area contributed by atoms with E-state index >= 15 is 0 Å². The Morgan fingerprint density at radius 2 is 1.90 bits per heavy atom. The van der Waals surface area contributed by atoms with Crippen LogP contribution in [0.2, 0.25) is 5.02 Å². The molecule has 0 saturated heterocycles. The average Bonchev–Trinajstić information content (AvgIpc) is 3.36. The summed E-state index contributed by atoms with van der Waals surface area (Å²) in [6, 6.07) is 16.6. The Kier molecular flexibility index (Phi) is 6.11. The van der Waals surface area contributed by atoms with Crippen molar-refractivity contribution < 1.29 is 9.21 Å². The van der Waals surface area contributed by atoms with E-state index in [0.29, 0.717) is 5.02 Å². The Morgan fingerprint density at radius 1 is 1.10 bits per heavy atom. The van der Waals surface area contributed by atoms with Gasteiger partial charge in [-0.15, -0.1) is 11.3 Å². The van der Waals surface area contributed by atoms with E-state index in [-0.39, 0.29) is 17.7 Å². The number of anilines is 2. The van der Waals surface area contributed by atoms with E-state index in [2.05, 4.69) is 22.5 Å². The molecular weight excluding hydrogens is 430 g/mol. The SMILES string of the molecule is Cc1cccc(N[C@@H](c2cccc(Cl)c2)c2c(NC(=O)c3ccco3)sc(C)c2C)n1. The fraction of sp³-hybridized carbons (Fsp3) is 0.167. The predicted molar refractivity (Wildman–Crippen MR) is 126 cm³/mol. The molecule has 0 aliphatic rings. The molecule has 158 valence electrons. The molecule has 1 amide bonds. The third-order valence-electron chi connectivity index (χ3n) is 5.06. The molecule has 0 spiro atoms. The molecule has 4 rings (SSSR count). The monoisotopic (exact) mass is 451 g/mol. The molecule has 0 bridgehead atoms. The highest BCUT2D eigenvalue weighted by Crippen LogP contribution is 2.41. The Bertz CT molecular complexity index is 1220. The fourth-order valence-electron chi connectivity index (χ4n) is 3.44. The minimum absolute atomic E-state index is 0.259. The first-order valence-corrected chi connectivity index (χ1v) is 11.0. The largest absolute Gasteiger partial charge is 0.459 e. The van der Waals surface area contributed by atoms with E-state index in [1.807, 2.05) is 56.3 Å². The van der Waals surface area contributed by atoms with Crippen LogP contribution in [0.3, 0.4) is 0 Å². The Morgan fingerprint density at radius 3 is 2.61 bits per heavy atom. The summed E-state index contributed by atoms with van der Waals surface area (Å²) in [5.41, 5.74) is 3.97. The summed E-state index contributed by atoms with van der Waals surface area (Å²) in [6.07, 6.45) is 1.49. The van der Waals surface area contributed by atoms with Crippen molar-refractivity contribution in [2.24, 2.45) is 0 Å². The number of aryl methyl sites for hydroxylation is 2. The van der Waals surface area contributed by atoms with Gasteiger partial charge in [0.25, 0.3) is 5.91 Å². The maximum atomic E-state index is 12.7. The number of benzene rings is 1. The lowest BCUT2D eigenvalue weighted by molar-refractivity contribution is 0.0997. The molecule has 1 aromatic carbocycles. The first kappa shape index (κ1) is 21.2. The average molecular weight is 452 g/mol. The van der Waals surface area contributed by atoms with Gasteiger partial charge >= 0.3 is 0 Å². The molecule has 0 radical (unpaired) electrons.